The lowest BCUT2D eigenvalue weighted by molar-refractivity contribution is -0.130. The molecule has 5 nitrogen and oxygen atoms in total. The fraction of sp³-hybridized carbons (Fsp3) is 0.875. The molecule has 1 amide bonds. The van der Waals surface area contributed by atoms with Crippen LogP contribution in [0.25, 0.3) is 0 Å². The number of oxime groups is 1. The zero-order chi connectivity index (χ0) is 15.5. The van der Waals surface area contributed by atoms with Crippen molar-refractivity contribution in [3.63, 3.8) is 0 Å². The second-order valence-corrected chi connectivity index (χ2v) is 7.10. The Kier molecular flexibility index (Phi) is 5.12. The van der Waals surface area contributed by atoms with E-state index >= 15 is 0 Å². The minimum Gasteiger partial charge on any atom is -0.409 e. The molecule has 21 heavy (non-hydrogen) atoms. The molecule has 0 bridgehead atoms. The van der Waals surface area contributed by atoms with Crippen LogP contribution >= 0.6 is 0 Å². The van der Waals surface area contributed by atoms with Crippen LogP contribution in [0.1, 0.15) is 65.2 Å². The van der Waals surface area contributed by atoms with Gasteiger partial charge >= 0.3 is 0 Å². The molecule has 0 aromatic heterocycles. The van der Waals surface area contributed by atoms with E-state index in [0.717, 1.165) is 44.4 Å². The highest BCUT2D eigenvalue weighted by molar-refractivity contribution is 6.06. The molecule has 3 atom stereocenters. The van der Waals surface area contributed by atoms with Crippen LogP contribution in [0.3, 0.4) is 0 Å². The van der Waals surface area contributed by atoms with E-state index in [1.807, 2.05) is 0 Å². The topological polar surface area (TPSA) is 87.7 Å². The largest absolute Gasteiger partial charge is 0.409 e. The molecule has 120 valence electrons. The van der Waals surface area contributed by atoms with Gasteiger partial charge in [-0.2, -0.15) is 0 Å². The number of nitrogens with one attached hydrogen (secondary N) is 1. The van der Waals surface area contributed by atoms with Gasteiger partial charge in [0.1, 0.15) is 5.41 Å². The van der Waals surface area contributed by atoms with Crippen LogP contribution in [0.4, 0.5) is 0 Å². The molecular weight excluding hydrogens is 266 g/mol. The van der Waals surface area contributed by atoms with Crippen LogP contribution in [0.15, 0.2) is 5.16 Å². The molecule has 2 rings (SSSR count). The van der Waals surface area contributed by atoms with Crippen molar-refractivity contribution in [1.29, 1.82) is 0 Å². The first-order valence-electron chi connectivity index (χ1n) is 8.28. The Morgan fingerprint density at radius 2 is 1.90 bits per heavy atom. The number of hydrogen-bond acceptors (Lipinski definition) is 3. The normalized spacial score (nSPS) is 33.4. The molecule has 0 heterocycles. The number of carbonyl (C=O) groups is 1. The molecule has 2 aliphatic rings. The van der Waals surface area contributed by atoms with Gasteiger partial charge in [0.25, 0.3) is 0 Å². The molecular formula is C16H29N3O2. The fourth-order valence-electron chi connectivity index (χ4n) is 4.04. The molecule has 0 aromatic rings. The number of nitrogens with zero attached hydrogens (tertiary/aromatic N) is 1. The Balaban J connectivity index is 2.08. The van der Waals surface area contributed by atoms with Gasteiger partial charge < -0.3 is 16.3 Å². The average Bonchev–Trinajstić information content (AvgIpc) is 2.49. The van der Waals surface area contributed by atoms with Crippen molar-refractivity contribution in [2.24, 2.45) is 28.1 Å². The Hall–Kier alpha value is -1.26. The first kappa shape index (κ1) is 16.1. The fourth-order valence-corrected chi connectivity index (χ4v) is 4.04. The van der Waals surface area contributed by atoms with E-state index in [9.17, 15) is 4.79 Å². The van der Waals surface area contributed by atoms with Gasteiger partial charge in [0.05, 0.1) is 0 Å². The van der Waals surface area contributed by atoms with Crippen LogP contribution in [-0.4, -0.2) is 23.0 Å². The first-order chi connectivity index (χ1) is 9.99. The van der Waals surface area contributed by atoms with Gasteiger partial charge in [0, 0.05) is 6.04 Å². The molecule has 5 heteroatoms. The summed E-state index contributed by atoms with van der Waals surface area (Å²) in [7, 11) is 0. The lowest BCUT2D eigenvalue weighted by Gasteiger charge is -2.39. The molecule has 3 unspecified atom stereocenters. The summed E-state index contributed by atoms with van der Waals surface area (Å²) >= 11 is 0. The number of nitrogens with two attached hydrogens (primary N) is 1. The maximum atomic E-state index is 12.8. The molecule has 0 radical (unpaired) electrons. The third kappa shape index (κ3) is 3.33. The van der Waals surface area contributed by atoms with Gasteiger partial charge in [0.15, 0.2) is 5.84 Å². The Bertz CT molecular complexity index is 402. The Labute approximate surface area is 127 Å². The van der Waals surface area contributed by atoms with Crippen LogP contribution < -0.4 is 11.1 Å². The zero-order valence-corrected chi connectivity index (χ0v) is 13.3. The van der Waals surface area contributed by atoms with E-state index in [0.29, 0.717) is 18.8 Å². The molecule has 2 fully saturated rings. The second-order valence-electron chi connectivity index (χ2n) is 7.10. The van der Waals surface area contributed by atoms with Gasteiger partial charge in [-0.05, 0) is 43.9 Å². The quantitative estimate of drug-likeness (QED) is 0.324. The van der Waals surface area contributed by atoms with Crippen molar-refractivity contribution in [1.82, 2.24) is 5.32 Å². The van der Waals surface area contributed by atoms with Gasteiger partial charge in [-0.25, -0.2) is 0 Å². The second kappa shape index (κ2) is 6.67. The minimum absolute atomic E-state index is 0.0381. The standard InChI is InChI=1S/C16H29N3O2/c1-11-6-7-13(12(2)10-11)18-15(20)16(14(17)19-21)8-4-3-5-9-16/h11-13,21H,3-10H2,1-2H3,(H2,17,19)(H,18,20). The van der Waals surface area contributed by atoms with E-state index < -0.39 is 5.41 Å². The maximum absolute atomic E-state index is 12.8. The number of hydrogen-bond donors (Lipinski definition) is 3. The maximum Gasteiger partial charge on any atom is 0.234 e. The molecule has 0 aliphatic heterocycles. The van der Waals surface area contributed by atoms with Crippen molar-refractivity contribution in [3.05, 3.63) is 0 Å². The summed E-state index contributed by atoms with van der Waals surface area (Å²) in [4.78, 5) is 12.8. The predicted octanol–water partition coefficient (Wildman–Crippen LogP) is 2.62. The zero-order valence-electron chi connectivity index (χ0n) is 13.3. The molecule has 0 spiro atoms. The van der Waals surface area contributed by atoms with Crippen molar-refractivity contribution >= 4 is 11.7 Å². The lowest BCUT2D eigenvalue weighted by Crippen LogP contribution is -2.55. The SMILES string of the molecule is CC1CCC(NC(=O)C2(C(N)=NO)CCCCC2)C(C)C1. The Morgan fingerprint density at radius 1 is 1.24 bits per heavy atom. The smallest absolute Gasteiger partial charge is 0.234 e. The van der Waals surface area contributed by atoms with Crippen molar-refractivity contribution in [3.8, 4) is 0 Å². The van der Waals surface area contributed by atoms with Gasteiger partial charge in [-0.3, -0.25) is 4.79 Å². The highest BCUT2D eigenvalue weighted by atomic mass is 16.4. The number of carbonyl (C=O) groups excluding carboxylic acids is 1. The molecule has 4 N–H and O–H groups in total. The monoisotopic (exact) mass is 295 g/mol. The predicted molar refractivity (Wildman–Crippen MR) is 83.0 cm³/mol. The van der Waals surface area contributed by atoms with Crippen LogP contribution in [0, 0.1) is 17.3 Å². The third-order valence-electron chi connectivity index (χ3n) is 5.49. The van der Waals surface area contributed by atoms with Crippen molar-refractivity contribution in [2.45, 2.75) is 71.3 Å². The molecule has 2 aliphatic carbocycles. The van der Waals surface area contributed by atoms with Crippen LogP contribution in [0.2, 0.25) is 0 Å². The highest BCUT2D eigenvalue weighted by Gasteiger charge is 2.45. The van der Waals surface area contributed by atoms with E-state index in [4.69, 9.17) is 10.9 Å². The number of amides is 1. The first-order valence-corrected chi connectivity index (χ1v) is 8.28. The summed E-state index contributed by atoms with van der Waals surface area (Å²) in [6.45, 7) is 4.48. The van der Waals surface area contributed by atoms with E-state index in [-0.39, 0.29) is 17.8 Å². The minimum atomic E-state index is -0.796. The van der Waals surface area contributed by atoms with E-state index in [1.165, 1.54) is 0 Å². The van der Waals surface area contributed by atoms with E-state index in [2.05, 4.69) is 24.3 Å². The van der Waals surface area contributed by atoms with Crippen LogP contribution in [-0.2, 0) is 4.79 Å². The summed E-state index contributed by atoms with van der Waals surface area (Å²) in [6, 6.07) is 0.221. The molecule has 0 aromatic carbocycles. The Morgan fingerprint density at radius 3 is 2.48 bits per heavy atom. The summed E-state index contributed by atoms with van der Waals surface area (Å²) in [5, 5.41) is 15.4. The van der Waals surface area contributed by atoms with E-state index in [1.54, 1.807) is 0 Å². The lowest BCUT2D eigenvalue weighted by atomic mass is 9.71. The van der Waals surface area contributed by atoms with Crippen molar-refractivity contribution in [2.75, 3.05) is 0 Å². The van der Waals surface area contributed by atoms with Crippen LogP contribution in [0.5, 0.6) is 0 Å². The highest BCUT2D eigenvalue weighted by Crippen LogP contribution is 2.38. The summed E-state index contributed by atoms with van der Waals surface area (Å²) in [5.41, 5.74) is 5.09. The van der Waals surface area contributed by atoms with Gasteiger partial charge in [0.2, 0.25) is 5.91 Å². The summed E-state index contributed by atoms with van der Waals surface area (Å²) < 4.78 is 0. The number of rotatable bonds is 3. The number of amidine groups is 1. The summed E-state index contributed by atoms with van der Waals surface area (Å²) in [6.07, 6.45) is 7.75. The van der Waals surface area contributed by atoms with Gasteiger partial charge in [-0.15, -0.1) is 0 Å². The molecule has 0 saturated heterocycles. The summed E-state index contributed by atoms with van der Waals surface area (Å²) in [5.74, 6) is 1.27. The van der Waals surface area contributed by atoms with Crippen molar-refractivity contribution < 1.29 is 10.0 Å². The third-order valence-corrected chi connectivity index (χ3v) is 5.49. The molecule has 2 saturated carbocycles. The van der Waals surface area contributed by atoms with Gasteiger partial charge in [-0.1, -0.05) is 38.3 Å². The average molecular weight is 295 g/mol.